The highest BCUT2D eigenvalue weighted by Crippen LogP contribution is 2.31. The fourth-order valence-electron chi connectivity index (χ4n) is 3.23. The number of nitrogens with zero attached hydrogens (tertiary/aromatic N) is 1. The van der Waals surface area contributed by atoms with Gasteiger partial charge in [0.15, 0.2) is 0 Å². The van der Waals surface area contributed by atoms with E-state index < -0.39 is 32.8 Å². The fraction of sp³-hybridized carbons (Fsp3) is 0.240. The van der Waals surface area contributed by atoms with Gasteiger partial charge in [-0.15, -0.1) is 0 Å². The van der Waals surface area contributed by atoms with Crippen LogP contribution in [-0.2, 0) is 27.6 Å². The average molecular weight is 539 g/mol. The molecule has 0 atom stereocenters. The molecular weight excluding hydrogens is 513 g/mol. The number of carbonyl (C=O) groups is 1. The Hall–Kier alpha value is -3.77. The number of rotatable bonds is 10. The van der Waals surface area contributed by atoms with Gasteiger partial charge in [0.1, 0.15) is 16.4 Å². The monoisotopic (exact) mass is 538 g/mol. The molecule has 3 aromatic rings. The Labute approximate surface area is 212 Å². The predicted octanol–water partition coefficient (Wildman–Crippen LogP) is 5.16. The van der Waals surface area contributed by atoms with E-state index in [-0.39, 0.29) is 25.4 Å². The van der Waals surface area contributed by atoms with Gasteiger partial charge in [-0.25, -0.2) is 4.79 Å². The first kappa shape index (κ1) is 27.8. The Morgan fingerprint density at radius 2 is 1.65 bits per heavy atom. The third kappa shape index (κ3) is 7.86. The number of alkyl halides is 3. The second-order valence-corrected chi connectivity index (χ2v) is 9.33. The quantitative estimate of drug-likeness (QED) is 0.359. The van der Waals surface area contributed by atoms with E-state index in [1.165, 1.54) is 31.3 Å². The number of hydrogen-bond acceptors (Lipinski definition) is 6. The van der Waals surface area contributed by atoms with Crippen molar-refractivity contribution in [1.82, 2.24) is 4.90 Å². The van der Waals surface area contributed by atoms with Gasteiger partial charge in [-0.05, 0) is 48.0 Å². The number of halogens is 3. The summed E-state index contributed by atoms with van der Waals surface area (Å²) in [6.45, 7) is 0.719. The molecule has 2 amide bonds. The average Bonchev–Trinajstić information content (AvgIpc) is 2.87. The molecule has 8 nitrogen and oxygen atoms in total. The topological polar surface area (TPSA) is 94.2 Å². The summed E-state index contributed by atoms with van der Waals surface area (Å²) in [5, 5.41) is 2.79. The number of methoxy groups -OCH3 is 2. The third-order valence-corrected chi connectivity index (χ3v) is 6.37. The predicted molar refractivity (Wildman–Crippen MR) is 130 cm³/mol. The molecule has 0 aliphatic heterocycles. The van der Waals surface area contributed by atoms with Crippen LogP contribution in [0.4, 0.5) is 23.7 Å². The number of carbonyl (C=O) groups excluding carboxylic acids is 1. The van der Waals surface area contributed by atoms with Crippen LogP contribution in [-0.4, -0.2) is 46.7 Å². The van der Waals surface area contributed by atoms with Crippen LogP contribution in [0.3, 0.4) is 0 Å². The molecule has 0 aromatic heterocycles. The minimum absolute atomic E-state index is 0.0922. The zero-order chi connectivity index (χ0) is 27.1. The van der Waals surface area contributed by atoms with E-state index in [1.54, 1.807) is 36.4 Å². The van der Waals surface area contributed by atoms with Gasteiger partial charge in [0.2, 0.25) is 0 Å². The van der Waals surface area contributed by atoms with Crippen molar-refractivity contribution in [3.05, 3.63) is 83.9 Å². The molecule has 0 unspecified atom stereocenters. The maximum atomic E-state index is 12.9. The van der Waals surface area contributed by atoms with Gasteiger partial charge in [0.05, 0.1) is 19.3 Å². The van der Waals surface area contributed by atoms with E-state index in [0.717, 1.165) is 18.2 Å². The molecule has 3 aromatic carbocycles. The molecule has 0 bridgehead atoms. The van der Waals surface area contributed by atoms with Gasteiger partial charge in [-0.1, -0.05) is 24.3 Å². The highest BCUT2D eigenvalue weighted by molar-refractivity contribution is 7.87. The first-order chi connectivity index (χ1) is 17.5. The summed E-state index contributed by atoms with van der Waals surface area (Å²) in [4.78, 5) is 13.7. The van der Waals surface area contributed by atoms with E-state index in [1.807, 2.05) is 0 Å². The zero-order valence-electron chi connectivity index (χ0n) is 20.0. The molecule has 37 heavy (non-hydrogen) atoms. The first-order valence-electron chi connectivity index (χ1n) is 10.9. The molecule has 0 fully saturated rings. The second kappa shape index (κ2) is 12.0. The van der Waals surface area contributed by atoms with Gasteiger partial charge < -0.3 is 23.9 Å². The van der Waals surface area contributed by atoms with Crippen molar-refractivity contribution in [2.45, 2.75) is 17.6 Å². The lowest BCUT2D eigenvalue weighted by Crippen LogP contribution is -2.36. The highest BCUT2D eigenvalue weighted by atomic mass is 32.2. The Balaban J connectivity index is 1.71. The molecule has 0 aliphatic carbocycles. The Bertz CT molecular complexity index is 1310. The van der Waals surface area contributed by atoms with Crippen LogP contribution in [0.1, 0.15) is 11.1 Å². The Kier molecular flexibility index (Phi) is 9.00. The number of hydrogen-bond donors (Lipinski definition) is 1. The van der Waals surface area contributed by atoms with Gasteiger partial charge in [-0.2, -0.15) is 21.6 Å². The van der Waals surface area contributed by atoms with Crippen molar-refractivity contribution in [3.63, 3.8) is 0 Å². The Morgan fingerprint density at radius 3 is 2.30 bits per heavy atom. The SMILES string of the molecule is COCCN(Cc1ccc(OS(=O)(=O)c2cccc(C(F)(F)F)c2)cc1)C(=O)Nc1cccc(OC)c1. The first-order valence-corrected chi connectivity index (χ1v) is 12.3. The lowest BCUT2D eigenvalue weighted by atomic mass is 10.2. The number of ether oxygens (including phenoxy) is 2. The third-order valence-electron chi connectivity index (χ3n) is 5.13. The molecule has 0 heterocycles. The number of nitrogens with one attached hydrogen (secondary N) is 1. The van der Waals surface area contributed by atoms with Crippen molar-refractivity contribution in [1.29, 1.82) is 0 Å². The zero-order valence-corrected chi connectivity index (χ0v) is 20.8. The fourth-order valence-corrected chi connectivity index (χ4v) is 4.21. The van der Waals surface area contributed by atoms with Gasteiger partial charge in [-0.3, -0.25) is 0 Å². The van der Waals surface area contributed by atoms with Crippen molar-refractivity contribution < 1.29 is 40.0 Å². The summed E-state index contributed by atoms with van der Waals surface area (Å²) in [7, 11) is -1.47. The standard InChI is InChI=1S/C25H25F3N2O6S/c1-34-14-13-30(24(31)29-20-6-4-7-22(16-20)35-2)17-18-9-11-21(12-10-18)36-37(32,33)23-8-3-5-19(15-23)25(26,27)28/h3-12,15-16H,13-14,17H2,1-2H3,(H,29,31). The van der Waals surface area contributed by atoms with Gasteiger partial charge in [0, 0.05) is 32.0 Å². The molecular formula is C25H25F3N2O6S. The molecule has 12 heteroatoms. The van der Waals surface area contributed by atoms with Crippen LogP contribution < -0.4 is 14.2 Å². The molecule has 0 aliphatic rings. The largest absolute Gasteiger partial charge is 0.497 e. The summed E-state index contributed by atoms with van der Waals surface area (Å²) < 4.78 is 79.1. The second-order valence-electron chi connectivity index (χ2n) is 7.78. The lowest BCUT2D eigenvalue weighted by molar-refractivity contribution is -0.137. The number of urea groups is 1. The van der Waals surface area contributed by atoms with E-state index in [4.69, 9.17) is 13.7 Å². The summed E-state index contributed by atoms with van der Waals surface area (Å²) in [5.41, 5.74) is 0.0897. The van der Waals surface area contributed by atoms with Crippen LogP contribution in [0.15, 0.2) is 77.7 Å². The lowest BCUT2D eigenvalue weighted by Gasteiger charge is -2.23. The number of benzene rings is 3. The number of amides is 2. The molecule has 0 radical (unpaired) electrons. The van der Waals surface area contributed by atoms with Crippen LogP contribution in [0, 0.1) is 0 Å². The van der Waals surface area contributed by atoms with Crippen molar-refractivity contribution in [2.24, 2.45) is 0 Å². The smallest absolute Gasteiger partial charge is 0.416 e. The number of anilines is 1. The summed E-state index contributed by atoms with van der Waals surface area (Å²) in [6, 6.07) is 15.6. The van der Waals surface area contributed by atoms with Crippen LogP contribution in [0.25, 0.3) is 0 Å². The minimum Gasteiger partial charge on any atom is -0.497 e. The van der Waals surface area contributed by atoms with E-state index in [2.05, 4.69) is 5.32 Å². The summed E-state index contributed by atoms with van der Waals surface area (Å²) in [6.07, 6.45) is -4.69. The summed E-state index contributed by atoms with van der Waals surface area (Å²) in [5.74, 6) is 0.488. The van der Waals surface area contributed by atoms with Gasteiger partial charge >= 0.3 is 22.3 Å². The maximum absolute atomic E-state index is 12.9. The van der Waals surface area contributed by atoms with Crippen LogP contribution in [0.5, 0.6) is 11.5 Å². The normalized spacial score (nSPS) is 11.6. The molecule has 0 spiro atoms. The van der Waals surface area contributed by atoms with E-state index in [0.29, 0.717) is 23.1 Å². The van der Waals surface area contributed by atoms with E-state index in [9.17, 15) is 26.4 Å². The van der Waals surface area contributed by atoms with Crippen LogP contribution in [0.2, 0.25) is 0 Å². The van der Waals surface area contributed by atoms with Crippen molar-refractivity contribution >= 4 is 21.8 Å². The van der Waals surface area contributed by atoms with Gasteiger partial charge in [0.25, 0.3) is 0 Å². The Morgan fingerprint density at radius 1 is 0.946 bits per heavy atom. The van der Waals surface area contributed by atoms with Crippen molar-refractivity contribution in [3.8, 4) is 11.5 Å². The minimum atomic E-state index is -4.69. The van der Waals surface area contributed by atoms with Crippen molar-refractivity contribution in [2.75, 3.05) is 32.7 Å². The van der Waals surface area contributed by atoms with E-state index >= 15 is 0 Å². The molecule has 0 saturated carbocycles. The maximum Gasteiger partial charge on any atom is 0.416 e. The molecule has 1 N–H and O–H groups in total. The van der Waals surface area contributed by atoms with Crippen LogP contribution >= 0.6 is 0 Å². The molecule has 3 rings (SSSR count). The highest BCUT2D eigenvalue weighted by Gasteiger charge is 2.32. The molecule has 198 valence electrons. The summed E-state index contributed by atoms with van der Waals surface area (Å²) >= 11 is 0. The molecule has 0 saturated heterocycles.